The van der Waals surface area contributed by atoms with Crippen LogP contribution in [0.1, 0.15) is 5.56 Å². The van der Waals surface area contributed by atoms with Crippen molar-refractivity contribution in [2.45, 2.75) is 6.54 Å². The standard InChI is InChI=1S/C10H11N3O/c11-6-8-1-2-9(14)5-10(8)13-4-3-12-7-13/h1-5,7,14H,6,11H2. The van der Waals surface area contributed by atoms with E-state index in [4.69, 9.17) is 5.73 Å². The van der Waals surface area contributed by atoms with Crippen molar-refractivity contribution in [1.29, 1.82) is 0 Å². The van der Waals surface area contributed by atoms with E-state index in [1.165, 1.54) is 0 Å². The Kier molecular flexibility index (Phi) is 2.20. The highest BCUT2D eigenvalue weighted by atomic mass is 16.3. The van der Waals surface area contributed by atoms with Crippen LogP contribution in [0.25, 0.3) is 5.69 Å². The van der Waals surface area contributed by atoms with Crippen LogP contribution in [-0.4, -0.2) is 14.7 Å². The minimum absolute atomic E-state index is 0.228. The van der Waals surface area contributed by atoms with E-state index in [2.05, 4.69) is 4.98 Å². The number of aromatic hydroxyl groups is 1. The molecule has 0 spiro atoms. The molecule has 3 N–H and O–H groups in total. The summed E-state index contributed by atoms with van der Waals surface area (Å²) in [6, 6.07) is 5.11. The van der Waals surface area contributed by atoms with Crippen molar-refractivity contribution in [3.05, 3.63) is 42.5 Å². The van der Waals surface area contributed by atoms with Gasteiger partial charge in [-0.2, -0.15) is 0 Å². The minimum Gasteiger partial charge on any atom is -0.508 e. The maximum atomic E-state index is 9.36. The molecule has 0 amide bonds. The number of nitrogens with two attached hydrogens (primary N) is 1. The Morgan fingerprint density at radius 2 is 2.29 bits per heavy atom. The van der Waals surface area contributed by atoms with Crippen molar-refractivity contribution in [1.82, 2.24) is 9.55 Å². The summed E-state index contributed by atoms with van der Waals surface area (Å²) in [4.78, 5) is 3.94. The largest absolute Gasteiger partial charge is 0.508 e. The molecule has 1 heterocycles. The molecule has 14 heavy (non-hydrogen) atoms. The van der Waals surface area contributed by atoms with Crippen molar-refractivity contribution in [3.63, 3.8) is 0 Å². The van der Waals surface area contributed by atoms with Gasteiger partial charge in [-0.05, 0) is 11.6 Å². The fraction of sp³-hybridized carbons (Fsp3) is 0.100. The van der Waals surface area contributed by atoms with E-state index < -0.39 is 0 Å². The third-order valence-corrected chi connectivity index (χ3v) is 2.07. The van der Waals surface area contributed by atoms with Gasteiger partial charge in [0.25, 0.3) is 0 Å². The van der Waals surface area contributed by atoms with E-state index in [9.17, 15) is 5.11 Å². The molecule has 0 fully saturated rings. The summed E-state index contributed by atoms with van der Waals surface area (Å²) in [5.74, 6) is 0.228. The predicted octanol–water partition coefficient (Wildman–Crippen LogP) is 1.04. The zero-order valence-electron chi connectivity index (χ0n) is 7.59. The van der Waals surface area contributed by atoms with E-state index in [-0.39, 0.29) is 5.75 Å². The fourth-order valence-corrected chi connectivity index (χ4v) is 1.37. The van der Waals surface area contributed by atoms with Crippen LogP contribution >= 0.6 is 0 Å². The molecule has 0 unspecified atom stereocenters. The maximum absolute atomic E-state index is 9.36. The van der Waals surface area contributed by atoms with Crippen molar-refractivity contribution >= 4 is 0 Å². The molecule has 1 aromatic heterocycles. The van der Waals surface area contributed by atoms with Crippen LogP contribution in [0, 0.1) is 0 Å². The van der Waals surface area contributed by atoms with Gasteiger partial charge in [-0.3, -0.25) is 0 Å². The second-order valence-electron chi connectivity index (χ2n) is 2.99. The Morgan fingerprint density at radius 3 is 2.93 bits per heavy atom. The first-order valence-corrected chi connectivity index (χ1v) is 4.31. The first kappa shape index (κ1) is 8.77. The molecule has 0 saturated carbocycles. The summed E-state index contributed by atoms with van der Waals surface area (Å²) in [5.41, 5.74) is 7.43. The molecule has 0 aliphatic carbocycles. The number of hydrogen-bond acceptors (Lipinski definition) is 3. The third kappa shape index (κ3) is 1.47. The summed E-state index contributed by atoms with van der Waals surface area (Å²) >= 11 is 0. The molecule has 0 saturated heterocycles. The second-order valence-corrected chi connectivity index (χ2v) is 2.99. The van der Waals surface area contributed by atoms with Crippen molar-refractivity contribution in [2.24, 2.45) is 5.73 Å². The zero-order valence-corrected chi connectivity index (χ0v) is 7.59. The monoisotopic (exact) mass is 189 g/mol. The number of rotatable bonds is 2. The number of aromatic nitrogens is 2. The van der Waals surface area contributed by atoms with Gasteiger partial charge in [0, 0.05) is 25.0 Å². The lowest BCUT2D eigenvalue weighted by atomic mass is 10.1. The molecular weight excluding hydrogens is 178 g/mol. The molecule has 2 rings (SSSR count). The molecule has 1 aromatic carbocycles. The van der Waals surface area contributed by atoms with Crippen LogP contribution < -0.4 is 5.73 Å². The fourth-order valence-electron chi connectivity index (χ4n) is 1.37. The summed E-state index contributed by atoms with van der Waals surface area (Å²) in [7, 11) is 0. The molecule has 0 bridgehead atoms. The van der Waals surface area contributed by atoms with Crippen molar-refractivity contribution in [3.8, 4) is 11.4 Å². The van der Waals surface area contributed by atoms with Crippen LogP contribution in [0.4, 0.5) is 0 Å². The minimum atomic E-state index is 0.228. The quantitative estimate of drug-likeness (QED) is 0.741. The Labute approximate surface area is 81.6 Å². The van der Waals surface area contributed by atoms with Crippen LogP contribution in [0.2, 0.25) is 0 Å². The lowest BCUT2D eigenvalue weighted by Crippen LogP contribution is -2.02. The first-order chi connectivity index (χ1) is 6.81. The normalized spacial score (nSPS) is 10.4. The molecule has 4 nitrogen and oxygen atoms in total. The summed E-state index contributed by atoms with van der Waals surface area (Å²) in [6.45, 7) is 0.438. The topological polar surface area (TPSA) is 64.1 Å². The number of benzene rings is 1. The van der Waals surface area contributed by atoms with Gasteiger partial charge in [-0.25, -0.2) is 4.98 Å². The van der Waals surface area contributed by atoms with Gasteiger partial charge in [0.05, 0.1) is 12.0 Å². The Morgan fingerprint density at radius 1 is 1.43 bits per heavy atom. The molecule has 4 heteroatoms. The predicted molar refractivity (Wildman–Crippen MR) is 53.1 cm³/mol. The van der Waals surface area contributed by atoms with Crippen LogP contribution in [0.15, 0.2) is 36.9 Å². The number of imidazole rings is 1. The van der Waals surface area contributed by atoms with Crippen molar-refractivity contribution in [2.75, 3.05) is 0 Å². The maximum Gasteiger partial charge on any atom is 0.117 e. The molecule has 0 atom stereocenters. The Hall–Kier alpha value is -1.81. The molecule has 2 aromatic rings. The zero-order chi connectivity index (χ0) is 9.97. The highest BCUT2D eigenvalue weighted by molar-refractivity contribution is 5.45. The lowest BCUT2D eigenvalue weighted by molar-refractivity contribution is 0.474. The summed E-state index contributed by atoms with van der Waals surface area (Å²) in [6.07, 6.45) is 5.17. The Bertz CT molecular complexity index is 423. The van der Waals surface area contributed by atoms with Crippen molar-refractivity contribution < 1.29 is 5.11 Å². The van der Waals surface area contributed by atoms with E-state index in [0.29, 0.717) is 6.54 Å². The summed E-state index contributed by atoms with van der Waals surface area (Å²) < 4.78 is 1.82. The molecule has 0 aliphatic rings. The van der Waals surface area contributed by atoms with Crippen LogP contribution in [0.5, 0.6) is 5.75 Å². The number of nitrogens with zero attached hydrogens (tertiary/aromatic N) is 2. The average molecular weight is 189 g/mol. The smallest absolute Gasteiger partial charge is 0.117 e. The van der Waals surface area contributed by atoms with Gasteiger partial charge in [-0.1, -0.05) is 6.07 Å². The van der Waals surface area contributed by atoms with E-state index in [1.807, 2.05) is 16.8 Å². The van der Waals surface area contributed by atoms with Gasteiger partial charge in [0.15, 0.2) is 0 Å². The first-order valence-electron chi connectivity index (χ1n) is 4.31. The lowest BCUT2D eigenvalue weighted by Gasteiger charge is -2.08. The number of phenols is 1. The molecular formula is C10H11N3O. The molecule has 0 aliphatic heterocycles. The van der Waals surface area contributed by atoms with E-state index in [0.717, 1.165) is 11.3 Å². The third-order valence-electron chi connectivity index (χ3n) is 2.07. The number of hydrogen-bond donors (Lipinski definition) is 2. The SMILES string of the molecule is NCc1ccc(O)cc1-n1ccnc1. The van der Waals surface area contributed by atoms with Gasteiger partial charge >= 0.3 is 0 Å². The van der Waals surface area contributed by atoms with Gasteiger partial charge in [-0.15, -0.1) is 0 Å². The highest BCUT2D eigenvalue weighted by Gasteiger charge is 2.03. The second kappa shape index (κ2) is 3.51. The number of phenolic OH excluding ortho intramolecular Hbond substituents is 1. The van der Waals surface area contributed by atoms with E-state index in [1.54, 1.807) is 24.7 Å². The molecule has 72 valence electrons. The summed E-state index contributed by atoms with van der Waals surface area (Å²) in [5, 5.41) is 9.36. The van der Waals surface area contributed by atoms with Crippen LogP contribution in [-0.2, 0) is 6.54 Å². The van der Waals surface area contributed by atoms with Crippen LogP contribution in [0.3, 0.4) is 0 Å². The van der Waals surface area contributed by atoms with Gasteiger partial charge < -0.3 is 15.4 Å². The average Bonchev–Trinajstić information content (AvgIpc) is 2.70. The Balaban J connectivity index is 2.55. The van der Waals surface area contributed by atoms with E-state index >= 15 is 0 Å². The van der Waals surface area contributed by atoms with Gasteiger partial charge in [0.1, 0.15) is 5.75 Å². The van der Waals surface area contributed by atoms with Gasteiger partial charge in [0.2, 0.25) is 0 Å². The highest BCUT2D eigenvalue weighted by Crippen LogP contribution is 2.19. The molecule has 0 radical (unpaired) electrons.